The van der Waals surface area contributed by atoms with Gasteiger partial charge in [0.1, 0.15) is 11.4 Å². The normalized spacial score (nSPS) is 17.3. The van der Waals surface area contributed by atoms with Gasteiger partial charge in [-0.1, -0.05) is 6.07 Å². The van der Waals surface area contributed by atoms with Crippen molar-refractivity contribution in [3.05, 3.63) is 29.3 Å². The van der Waals surface area contributed by atoms with Crippen LogP contribution in [-0.4, -0.2) is 16.7 Å². The van der Waals surface area contributed by atoms with Crippen molar-refractivity contribution in [3.63, 3.8) is 0 Å². The minimum Gasteiger partial charge on any atom is -0.487 e. The van der Waals surface area contributed by atoms with Crippen LogP contribution in [0.3, 0.4) is 0 Å². The van der Waals surface area contributed by atoms with Gasteiger partial charge in [-0.15, -0.1) is 0 Å². The summed E-state index contributed by atoms with van der Waals surface area (Å²) in [5, 5.41) is 8.79. The molecule has 0 saturated heterocycles. The molecule has 74 valence electrons. The molecule has 1 aliphatic heterocycles. The Bertz CT molecular complexity index is 394. The van der Waals surface area contributed by atoms with E-state index in [1.165, 1.54) is 0 Å². The van der Waals surface area contributed by atoms with Gasteiger partial charge in [0.15, 0.2) is 0 Å². The summed E-state index contributed by atoms with van der Waals surface area (Å²) in [6.07, 6.45) is 0.836. The molecule has 0 unspecified atom stereocenters. The summed E-state index contributed by atoms with van der Waals surface area (Å²) in [6, 6.07) is 5.03. The second kappa shape index (κ2) is 2.74. The molecule has 0 saturated carbocycles. The number of aromatic carboxylic acids is 1. The van der Waals surface area contributed by atoms with Crippen molar-refractivity contribution in [3.8, 4) is 5.75 Å². The topological polar surface area (TPSA) is 46.5 Å². The number of carboxylic acids is 1. The van der Waals surface area contributed by atoms with E-state index in [0.29, 0.717) is 5.75 Å². The zero-order valence-electron chi connectivity index (χ0n) is 8.20. The lowest BCUT2D eigenvalue weighted by Crippen LogP contribution is -2.24. The minimum atomic E-state index is -0.916. The molecule has 1 aromatic rings. The van der Waals surface area contributed by atoms with Gasteiger partial charge in [-0.3, -0.25) is 0 Å². The molecule has 1 aromatic carbocycles. The predicted molar refractivity (Wildman–Crippen MR) is 51.8 cm³/mol. The summed E-state index contributed by atoms with van der Waals surface area (Å²) in [6.45, 7) is 3.99. The van der Waals surface area contributed by atoms with E-state index in [-0.39, 0.29) is 11.2 Å². The van der Waals surface area contributed by atoms with E-state index in [9.17, 15) is 4.79 Å². The van der Waals surface area contributed by atoms with E-state index in [0.717, 1.165) is 12.0 Å². The predicted octanol–water partition coefficient (Wildman–Crippen LogP) is 2.10. The Balaban J connectivity index is 2.40. The summed E-state index contributed by atoms with van der Waals surface area (Å²) in [4.78, 5) is 10.7. The second-order valence-electron chi connectivity index (χ2n) is 4.17. The molecular weight excluding hydrogens is 180 g/mol. The van der Waals surface area contributed by atoms with Gasteiger partial charge in [0.05, 0.1) is 5.56 Å². The molecule has 1 aliphatic rings. The Labute approximate surface area is 82.3 Å². The van der Waals surface area contributed by atoms with Crippen molar-refractivity contribution in [1.29, 1.82) is 0 Å². The van der Waals surface area contributed by atoms with Crippen LogP contribution in [-0.2, 0) is 6.42 Å². The summed E-state index contributed by atoms with van der Waals surface area (Å²) >= 11 is 0. The molecule has 0 bridgehead atoms. The van der Waals surface area contributed by atoms with Gasteiger partial charge in [-0.2, -0.15) is 0 Å². The van der Waals surface area contributed by atoms with E-state index in [1.807, 2.05) is 19.9 Å². The zero-order chi connectivity index (χ0) is 10.3. The van der Waals surface area contributed by atoms with Crippen LogP contribution in [0.1, 0.15) is 29.8 Å². The third-order valence-corrected chi connectivity index (χ3v) is 2.32. The smallest absolute Gasteiger partial charge is 0.335 e. The van der Waals surface area contributed by atoms with Gasteiger partial charge in [-0.25, -0.2) is 4.79 Å². The fourth-order valence-electron chi connectivity index (χ4n) is 1.72. The van der Waals surface area contributed by atoms with Gasteiger partial charge < -0.3 is 9.84 Å². The van der Waals surface area contributed by atoms with Crippen molar-refractivity contribution >= 4 is 5.97 Å². The minimum absolute atomic E-state index is 0.209. The van der Waals surface area contributed by atoms with Gasteiger partial charge in [-0.05, 0) is 31.5 Å². The molecule has 1 heterocycles. The number of carbonyl (C=O) groups is 1. The molecule has 0 aromatic heterocycles. The first-order valence-corrected chi connectivity index (χ1v) is 4.53. The molecule has 0 radical (unpaired) electrons. The molecule has 1 N–H and O–H groups in total. The average Bonchev–Trinajstić information content (AvgIpc) is 2.36. The first-order chi connectivity index (χ1) is 6.48. The second-order valence-corrected chi connectivity index (χ2v) is 4.17. The fourth-order valence-corrected chi connectivity index (χ4v) is 1.72. The summed E-state index contributed by atoms with van der Waals surface area (Å²) < 4.78 is 5.62. The maximum atomic E-state index is 10.7. The first kappa shape index (κ1) is 9.06. The Kier molecular flexibility index (Phi) is 1.77. The van der Waals surface area contributed by atoms with Crippen LogP contribution < -0.4 is 4.74 Å². The molecule has 3 heteroatoms. The van der Waals surface area contributed by atoms with Gasteiger partial charge >= 0.3 is 5.97 Å². The zero-order valence-corrected chi connectivity index (χ0v) is 8.20. The monoisotopic (exact) mass is 192 g/mol. The van der Waals surface area contributed by atoms with Crippen molar-refractivity contribution in [2.24, 2.45) is 0 Å². The number of hydrogen-bond donors (Lipinski definition) is 1. The highest BCUT2D eigenvalue weighted by Crippen LogP contribution is 2.35. The molecule has 0 atom stereocenters. The molecule has 14 heavy (non-hydrogen) atoms. The van der Waals surface area contributed by atoms with E-state index in [2.05, 4.69) is 0 Å². The highest BCUT2D eigenvalue weighted by molar-refractivity contribution is 5.88. The Hall–Kier alpha value is -1.51. The third kappa shape index (κ3) is 1.45. The highest BCUT2D eigenvalue weighted by Gasteiger charge is 2.30. The van der Waals surface area contributed by atoms with Crippen LogP contribution in [0.2, 0.25) is 0 Å². The van der Waals surface area contributed by atoms with Gasteiger partial charge in [0, 0.05) is 6.42 Å². The first-order valence-electron chi connectivity index (χ1n) is 4.53. The van der Waals surface area contributed by atoms with E-state index in [1.54, 1.807) is 12.1 Å². The standard InChI is InChI=1S/C11H12O3/c1-11(2)6-8-4-3-7(10(12)13)5-9(8)14-11/h3-5H,6H2,1-2H3,(H,12,13). The number of fused-ring (bicyclic) bond motifs is 1. The number of ether oxygens (including phenoxy) is 1. The van der Waals surface area contributed by atoms with Crippen LogP contribution in [0.15, 0.2) is 18.2 Å². The Morgan fingerprint density at radius 3 is 2.86 bits per heavy atom. The van der Waals surface area contributed by atoms with E-state index < -0.39 is 5.97 Å². The molecule has 0 aliphatic carbocycles. The SMILES string of the molecule is CC1(C)Cc2ccc(C(=O)O)cc2O1. The molecule has 0 spiro atoms. The van der Waals surface area contributed by atoms with Crippen molar-refractivity contribution in [2.75, 3.05) is 0 Å². The van der Waals surface area contributed by atoms with Crippen molar-refractivity contribution in [1.82, 2.24) is 0 Å². The van der Waals surface area contributed by atoms with Gasteiger partial charge in [0.25, 0.3) is 0 Å². The lowest BCUT2D eigenvalue weighted by Gasteiger charge is -2.16. The number of carboxylic acid groups (broad SMARTS) is 1. The lowest BCUT2D eigenvalue weighted by atomic mass is 10.0. The van der Waals surface area contributed by atoms with Crippen molar-refractivity contribution in [2.45, 2.75) is 25.9 Å². The lowest BCUT2D eigenvalue weighted by molar-refractivity contribution is 0.0695. The number of benzene rings is 1. The summed E-state index contributed by atoms with van der Waals surface area (Å²) in [5.74, 6) is -0.212. The Morgan fingerprint density at radius 1 is 1.50 bits per heavy atom. The highest BCUT2D eigenvalue weighted by atomic mass is 16.5. The molecule has 3 nitrogen and oxygen atoms in total. The van der Waals surface area contributed by atoms with Crippen LogP contribution >= 0.6 is 0 Å². The fraction of sp³-hybridized carbons (Fsp3) is 0.364. The van der Waals surface area contributed by atoms with Crippen LogP contribution in [0.25, 0.3) is 0 Å². The summed E-state index contributed by atoms with van der Waals surface area (Å²) in [7, 11) is 0. The summed E-state index contributed by atoms with van der Waals surface area (Å²) in [5.41, 5.74) is 1.15. The van der Waals surface area contributed by atoms with Crippen LogP contribution in [0.5, 0.6) is 5.75 Å². The number of rotatable bonds is 1. The average molecular weight is 192 g/mol. The van der Waals surface area contributed by atoms with E-state index >= 15 is 0 Å². The molecule has 0 fully saturated rings. The molecule has 0 amide bonds. The van der Waals surface area contributed by atoms with Crippen LogP contribution in [0.4, 0.5) is 0 Å². The quantitative estimate of drug-likeness (QED) is 0.741. The van der Waals surface area contributed by atoms with E-state index in [4.69, 9.17) is 9.84 Å². The number of hydrogen-bond acceptors (Lipinski definition) is 2. The third-order valence-electron chi connectivity index (χ3n) is 2.32. The molecule has 2 rings (SSSR count). The molecular formula is C11H12O3. The van der Waals surface area contributed by atoms with Gasteiger partial charge in [0.2, 0.25) is 0 Å². The maximum absolute atomic E-state index is 10.7. The Morgan fingerprint density at radius 2 is 2.21 bits per heavy atom. The van der Waals surface area contributed by atoms with Crippen molar-refractivity contribution < 1.29 is 14.6 Å². The maximum Gasteiger partial charge on any atom is 0.335 e. The van der Waals surface area contributed by atoms with Crippen LogP contribution in [0, 0.1) is 0 Å². The largest absolute Gasteiger partial charge is 0.487 e.